The van der Waals surface area contributed by atoms with Crippen molar-refractivity contribution < 1.29 is 0 Å². The Hall–Kier alpha value is -4.09. The third kappa shape index (κ3) is 4.80. The van der Waals surface area contributed by atoms with Crippen LogP contribution < -0.4 is 10.3 Å². The quantitative estimate of drug-likeness (QED) is 0.307. The van der Waals surface area contributed by atoms with Crippen LogP contribution in [0.25, 0.3) is 0 Å². The summed E-state index contributed by atoms with van der Waals surface area (Å²) in [6, 6.07) is 38.8. The van der Waals surface area contributed by atoms with Crippen LogP contribution in [0.15, 0.2) is 136 Å². The summed E-state index contributed by atoms with van der Waals surface area (Å²) in [6.45, 7) is 0. The van der Waals surface area contributed by atoms with Gasteiger partial charge < -0.3 is 5.32 Å². The lowest BCUT2D eigenvalue weighted by atomic mass is 10.1. The van der Waals surface area contributed by atoms with Crippen molar-refractivity contribution in [2.45, 2.75) is 0 Å². The van der Waals surface area contributed by atoms with Gasteiger partial charge in [-0.05, 0) is 42.1 Å². The van der Waals surface area contributed by atoms with Crippen LogP contribution in [0.5, 0.6) is 0 Å². The molecule has 166 valence electrons. The van der Waals surface area contributed by atoms with E-state index in [1.54, 1.807) is 11.8 Å². The van der Waals surface area contributed by atoms with E-state index in [2.05, 4.69) is 47.8 Å². The number of thioether (sulfide) groups is 1. The number of nitrogens with one attached hydrogen (secondary N) is 1. The summed E-state index contributed by atoms with van der Waals surface area (Å²) in [4.78, 5) is 5.08. The molecule has 4 aromatic carbocycles. The van der Waals surface area contributed by atoms with Crippen molar-refractivity contribution in [1.82, 2.24) is 0 Å². The van der Waals surface area contributed by atoms with Crippen molar-refractivity contribution in [3.63, 3.8) is 0 Å². The van der Waals surface area contributed by atoms with Crippen molar-refractivity contribution >= 4 is 39.6 Å². The smallest absolute Gasteiger partial charge is 0.131 e. The first-order valence-electron chi connectivity index (χ1n) is 11.1. The van der Waals surface area contributed by atoms with E-state index in [1.165, 1.54) is 0 Å². The van der Waals surface area contributed by atoms with Gasteiger partial charge in [0.05, 0.1) is 22.8 Å². The third-order valence-electron chi connectivity index (χ3n) is 5.37. The second-order valence-electron chi connectivity index (χ2n) is 7.63. The van der Waals surface area contributed by atoms with Gasteiger partial charge in [-0.1, -0.05) is 91.0 Å². The number of anilines is 2. The van der Waals surface area contributed by atoms with Gasteiger partial charge >= 0.3 is 0 Å². The average molecular weight is 461 g/mol. The van der Waals surface area contributed by atoms with E-state index in [-0.39, 0.29) is 0 Å². The number of nitrogens with zero attached hydrogens (tertiary/aromatic N) is 3. The highest BCUT2D eigenvalue weighted by molar-refractivity contribution is 8.18. The van der Waals surface area contributed by atoms with E-state index in [0.29, 0.717) is 0 Å². The van der Waals surface area contributed by atoms with Crippen molar-refractivity contribution in [3.8, 4) is 0 Å². The lowest BCUT2D eigenvalue weighted by molar-refractivity contribution is 1.08. The Kier molecular flexibility index (Phi) is 6.54. The van der Waals surface area contributed by atoms with Crippen LogP contribution in [-0.4, -0.2) is 17.8 Å². The van der Waals surface area contributed by atoms with Gasteiger partial charge in [0.25, 0.3) is 0 Å². The average Bonchev–Trinajstić information content (AvgIpc) is 3.34. The van der Waals surface area contributed by atoms with Crippen LogP contribution in [0.2, 0.25) is 0 Å². The highest BCUT2D eigenvalue weighted by Gasteiger charge is 2.25. The van der Waals surface area contributed by atoms with E-state index in [0.717, 1.165) is 44.0 Å². The fraction of sp³-hybridized carbons (Fsp3) is 0.0345. The summed E-state index contributed by atoms with van der Waals surface area (Å²) >= 11 is 1.65. The molecule has 5 rings (SSSR count). The van der Waals surface area contributed by atoms with Crippen LogP contribution in [-0.2, 0) is 0 Å². The first-order valence-corrected chi connectivity index (χ1v) is 11.9. The van der Waals surface area contributed by atoms with Gasteiger partial charge in [0, 0.05) is 18.2 Å². The van der Waals surface area contributed by atoms with Crippen molar-refractivity contribution in [1.29, 1.82) is 0 Å². The van der Waals surface area contributed by atoms with Gasteiger partial charge in [-0.3, -0.25) is 0 Å². The highest BCUT2D eigenvalue weighted by Crippen LogP contribution is 2.37. The fourth-order valence-corrected chi connectivity index (χ4v) is 4.64. The molecule has 0 bridgehead atoms. The molecule has 0 atom stereocenters. The molecule has 0 saturated heterocycles. The lowest BCUT2D eigenvalue weighted by Crippen LogP contribution is -2.11. The summed E-state index contributed by atoms with van der Waals surface area (Å²) in [5, 5.41) is 12.2. The van der Waals surface area contributed by atoms with E-state index < -0.39 is 0 Å². The second-order valence-corrected chi connectivity index (χ2v) is 8.64. The zero-order valence-electron chi connectivity index (χ0n) is 18.8. The minimum absolute atomic E-state index is 0.872. The predicted molar refractivity (Wildman–Crippen MR) is 146 cm³/mol. The Morgan fingerprint density at radius 3 is 2.12 bits per heavy atom. The fourth-order valence-electron chi connectivity index (χ4n) is 3.66. The molecule has 1 aliphatic rings. The second kappa shape index (κ2) is 10.2. The van der Waals surface area contributed by atoms with Gasteiger partial charge in [0.1, 0.15) is 10.1 Å². The SMILES string of the molecule is CNc1ccccc1N=C(/C=C1/SC(c2ccccc2)=NN1c1ccccc1)c1ccccc1. The van der Waals surface area contributed by atoms with Crippen LogP contribution in [0.3, 0.4) is 0 Å². The summed E-state index contributed by atoms with van der Waals surface area (Å²) in [5.74, 6) is 0. The van der Waals surface area contributed by atoms with E-state index in [4.69, 9.17) is 10.1 Å². The number of rotatable bonds is 6. The van der Waals surface area contributed by atoms with Gasteiger partial charge in [-0.2, -0.15) is 5.10 Å². The molecule has 1 N–H and O–H groups in total. The first kappa shape index (κ1) is 21.7. The number of hydrogen-bond donors (Lipinski definition) is 1. The first-order chi connectivity index (χ1) is 16.8. The number of para-hydroxylation sites is 3. The van der Waals surface area contributed by atoms with Crippen molar-refractivity contribution in [3.05, 3.63) is 137 Å². The predicted octanol–water partition coefficient (Wildman–Crippen LogP) is 7.31. The molecule has 1 aliphatic heterocycles. The maximum atomic E-state index is 5.08. The van der Waals surface area contributed by atoms with Gasteiger partial charge in [-0.15, -0.1) is 0 Å². The molecule has 0 spiro atoms. The summed E-state index contributed by atoms with van der Waals surface area (Å²) in [7, 11) is 1.92. The number of allylic oxidation sites excluding steroid dienone is 1. The molecule has 0 saturated carbocycles. The molecule has 4 nitrogen and oxygen atoms in total. The van der Waals surface area contributed by atoms with Crippen molar-refractivity contribution in [2.75, 3.05) is 17.4 Å². The molecular formula is C29H24N4S. The number of hydrogen-bond acceptors (Lipinski definition) is 5. The molecule has 34 heavy (non-hydrogen) atoms. The van der Waals surface area contributed by atoms with Crippen LogP contribution in [0.1, 0.15) is 11.1 Å². The number of aliphatic imine (C=N–C) groups is 1. The summed E-state index contributed by atoms with van der Waals surface area (Å²) < 4.78 is 0. The van der Waals surface area contributed by atoms with Gasteiger partial charge in [0.2, 0.25) is 0 Å². The maximum absolute atomic E-state index is 5.08. The Bertz CT molecular complexity index is 1350. The zero-order chi connectivity index (χ0) is 23.2. The van der Waals surface area contributed by atoms with Gasteiger partial charge in [0.15, 0.2) is 0 Å². The summed E-state index contributed by atoms with van der Waals surface area (Å²) in [5.41, 5.74) is 5.89. The monoisotopic (exact) mass is 460 g/mol. The molecule has 0 fully saturated rings. The van der Waals surface area contributed by atoms with E-state index in [9.17, 15) is 0 Å². The standard InChI is InChI=1S/C29H24N4S/c1-30-25-19-11-12-20-26(25)31-27(22-13-5-2-6-14-22)21-28-33(24-17-9-4-10-18-24)32-29(34-28)23-15-7-3-8-16-23/h2-21,30H,1H3/b28-21+,31-27?. The molecule has 4 aromatic rings. The Labute approximate surface area is 204 Å². The highest BCUT2D eigenvalue weighted by atomic mass is 32.2. The minimum atomic E-state index is 0.872. The van der Waals surface area contributed by atoms with Crippen molar-refractivity contribution in [2.24, 2.45) is 10.1 Å². The van der Waals surface area contributed by atoms with Crippen LogP contribution in [0, 0.1) is 0 Å². The van der Waals surface area contributed by atoms with Gasteiger partial charge in [-0.25, -0.2) is 10.0 Å². The molecule has 5 heteroatoms. The topological polar surface area (TPSA) is 40.0 Å². The third-order valence-corrected chi connectivity index (χ3v) is 6.38. The summed E-state index contributed by atoms with van der Waals surface area (Å²) in [6.07, 6.45) is 2.12. The van der Waals surface area contributed by atoms with E-state index >= 15 is 0 Å². The molecule has 0 aromatic heterocycles. The van der Waals surface area contributed by atoms with Crippen LogP contribution >= 0.6 is 11.8 Å². The molecular weight excluding hydrogens is 436 g/mol. The Balaban J connectivity index is 1.63. The minimum Gasteiger partial charge on any atom is -0.386 e. The molecule has 1 heterocycles. The molecule has 0 aliphatic carbocycles. The maximum Gasteiger partial charge on any atom is 0.131 e. The lowest BCUT2D eigenvalue weighted by Gasteiger charge is -2.16. The number of benzene rings is 4. The molecule has 0 amide bonds. The Morgan fingerprint density at radius 2 is 1.41 bits per heavy atom. The van der Waals surface area contributed by atoms with E-state index in [1.807, 2.05) is 90.9 Å². The largest absolute Gasteiger partial charge is 0.386 e. The van der Waals surface area contributed by atoms with Crippen LogP contribution in [0.4, 0.5) is 17.1 Å². The molecule has 0 unspecified atom stereocenters. The normalized spacial score (nSPS) is 14.9. The Morgan fingerprint density at radius 1 is 0.794 bits per heavy atom. The number of hydrazone groups is 1. The molecule has 0 radical (unpaired) electrons. The zero-order valence-corrected chi connectivity index (χ0v) is 19.6.